The normalized spacial score (nSPS) is 12.0. The summed E-state index contributed by atoms with van der Waals surface area (Å²) in [6.45, 7) is 2.01. The van der Waals surface area contributed by atoms with Crippen LogP contribution in [0.2, 0.25) is 0 Å². The minimum atomic E-state index is -0.0959. The number of hydrogen-bond acceptors (Lipinski definition) is 2. The van der Waals surface area contributed by atoms with Gasteiger partial charge in [0.2, 0.25) is 0 Å². The first-order valence-electron chi connectivity index (χ1n) is 17.0. The van der Waals surface area contributed by atoms with E-state index in [0.717, 1.165) is 45.1 Å². The molecule has 0 aromatic heterocycles. The van der Waals surface area contributed by atoms with Crippen LogP contribution in [0, 0.1) is 6.92 Å². The highest BCUT2D eigenvalue weighted by molar-refractivity contribution is 5.80. The van der Waals surface area contributed by atoms with Crippen molar-refractivity contribution in [3.63, 3.8) is 0 Å². The summed E-state index contributed by atoms with van der Waals surface area (Å²) in [7, 11) is 0. The van der Waals surface area contributed by atoms with E-state index in [1.165, 1.54) is 0 Å². The van der Waals surface area contributed by atoms with Crippen LogP contribution in [0.15, 0.2) is 188 Å². The van der Waals surface area contributed by atoms with Gasteiger partial charge in [-0.1, -0.05) is 121 Å². The molecule has 0 atom stereocenters. The van der Waals surface area contributed by atoms with Gasteiger partial charge in [-0.3, -0.25) is 0 Å². The van der Waals surface area contributed by atoms with E-state index >= 15 is 0 Å². The highest BCUT2D eigenvalue weighted by atomic mass is 15.1. The molecule has 0 radical (unpaired) electrons. The number of hydrogen-bond donors (Lipinski definition) is 0. The average Bonchev–Trinajstić information content (AvgIpc) is 3.15. The third kappa shape index (κ3) is 6.13. The molecule has 45 heavy (non-hydrogen) atoms. The summed E-state index contributed by atoms with van der Waals surface area (Å²) in [6, 6.07) is 53.7. The first-order chi connectivity index (χ1) is 23.9. The van der Waals surface area contributed by atoms with Gasteiger partial charge in [-0.2, -0.15) is 0 Å². The second-order valence-electron chi connectivity index (χ2n) is 10.9. The van der Waals surface area contributed by atoms with Crippen molar-refractivity contribution in [3.05, 3.63) is 194 Å². The van der Waals surface area contributed by atoms with Crippen molar-refractivity contribution in [2.75, 3.05) is 9.80 Å². The second kappa shape index (κ2) is 12.8. The highest BCUT2D eigenvalue weighted by Gasteiger charge is 2.14. The lowest BCUT2D eigenvalue weighted by atomic mass is 9.99. The van der Waals surface area contributed by atoms with Gasteiger partial charge in [0.05, 0.1) is 5.48 Å². The largest absolute Gasteiger partial charge is 0.311 e. The molecule has 0 heterocycles. The second-order valence-corrected chi connectivity index (χ2v) is 10.9. The molecule has 0 bridgehead atoms. The van der Waals surface area contributed by atoms with Gasteiger partial charge in [-0.15, -0.1) is 0 Å². The predicted molar refractivity (Wildman–Crippen MR) is 191 cm³/mol. The summed E-state index contributed by atoms with van der Waals surface area (Å²) in [5.74, 6) is 0. The van der Waals surface area contributed by atoms with Gasteiger partial charge in [0, 0.05) is 34.1 Å². The first-order valence-corrected chi connectivity index (χ1v) is 15.0. The SMILES string of the molecule is [2H]c1c([2H])c(N(c2ccccc2)c2ccc(C)cc2)c([2H])c([2H])c1-c1ccc(-c2ccc(N(c3ccccc3)c3ccccc3)cc2)cc1. The van der Waals surface area contributed by atoms with Gasteiger partial charge >= 0.3 is 0 Å². The van der Waals surface area contributed by atoms with E-state index in [9.17, 15) is 0 Å². The maximum absolute atomic E-state index is 9.11. The molecule has 0 aliphatic carbocycles. The maximum atomic E-state index is 9.11. The fourth-order valence-electron chi connectivity index (χ4n) is 5.47. The summed E-state index contributed by atoms with van der Waals surface area (Å²) in [5, 5.41) is 0. The highest BCUT2D eigenvalue weighted by Crippen LogP contribution is 2.37. The zero-order valence-electron chi connectivity index (χ0n) is 29.0. The van der Waals surface area contributed by atoms with Crippen molar-refractivity contribution >= 4 is 34.1 Å². The third-order valence-electron chi connectivity index (χ3n) is 7.80. The van der Waals surface area contributed by atoms with E-state index < -0.39 is 0 Å². The van der Waals surface area contributed by atoms with Crippen LogP contribution in [0.3, 0.4) is 0 Å². The van der Waals surface area contributed by atoms with Crippen molar-refractivity contribution in [2.24, 2.45) is 0 Å². The molecule has 0 aliphatic rings. The monoisotopic (exact) mass is 582 g/mol. The number of aryl methyl sites for hydroxylation is 1. The molecule has 2 nitrogen and oxygen atoms in total. The summed E-state index contributed by atoms with van der Waals surface area (Å²) in [6.07, 6.45) is 0. The van der Waals surface area contributed by atoms with Crippen molar-refractivity contribution < 1.29 is 5.48 Å². The van der Waals surface area contributed by atoms with Crippen LogP contribution in [0.4, 0.5) is 34.1 Å². The molecule has 0 aliphatic heterocycles. The Bertz CT molecular complexity index is 2120. The van der Waals surface area contributed by atoms with E-state index in [4.69, 9.17) is 5.48 Å². The Balaban J connectivity index is 1.22. The summed E-state index contributed by atoms with van der Waals surface area (Å²) < 4.78 is 36.4. The van der Waals surface area contributed by atoms with Crippen molar-refractivity contribution in [1.29, 1.82) is 0 Å². The van der Waals surface area contributed by atoms with E-state index in [1.54, 1.807) is 4.90 Å². The molecular formula is C43H34N2. The number of rotatable bonds is 8. The van der Waals surface area contributed by atoms with Crippen LogP contribution in [-0.4, -0.2) is 0 Å². The third-order valence-corrected chi connectivity index (χ3v) is 7.80. The van der Waals surface area contributed by atoms with Crippen LogP contribution in [0.1, 0.15) is 11.0 Å². The number of anilines is 6. The lowest BCUT2D eigenvalue weighted by Crippen LogP contribution is -2.09. The predicted octanol–water partition coefficient (Wildman–Crippen LogP) is 12.3. The number of para-hydroxylation sites is 3. The molecule has 0 N–H and O–H groups in total. The van der Waals surface area contributed by atoms with Crippen LogP contribution in [-0.2, 0) is 0 Å². The Kier molecular flexibility index (Phi) is 6.70. The smallest absolute Gasteiger partial charge is 0.0645 e. The van der Waals surface area contributed by atoms with Gasteiger partial charge in [0.1, 0.15) is 0 Å². The van der Waals surface area contributed by atoms with Gasteiger partial charge in [0.15, 0.2) is 0 Å². The summed E-state index contributed by atoms with van der Waals surface area (Å²) >= 11 is 0. The Morgan fingerprint density at radius 1 is 0.311 bits per heavy atom. The van der Waals surface area contributed by atoms with Crippen molar-refractivity contribution in [2.45, 2.75) is 6.92 Å². The van der Waals surface area contributed by atoms with Crippen molar-refractivity contribution in [1.82, 2.24) is 0 Å². The molecule has 0 amide bonds. The maximum Gasteiger partial charge on any atom is 0.0645 e. The average molecular weight is 583 g/mol. The molecule has 0 fully saturated rings. The molecule has 0 unspecified atom stereocenters. The molecule has 7 aromatic rings. The molecule has 0 saturated heterocycles. The molecule has 7 rings (SSSR count). The van der Waals surface area contributed by atoms with E-state index in [2.05, 4.69) is 53.4 Å². The molecule has 2 heteroatoms. The molecule has 0 saturated carbocycles. The Labute approximate surface area is 271 Å². The summed E-state index contributed by atoms with van der Waals surface area (Å²) in [4.78, 5) is 4.02. The van der Waals surface area contributed by atoms with Crippen molar-refractivity contribution in [3.8, 4) is 22.3 Å². The molecule has 216 valence electrons. The number of nitrogens with zero attached hydrogens (tertiary/aromatic N) is 2. The van der Waals surface area contributed by atoms with E-state index in [1.807, 2.05) is 122 Å². The van der Waals surface area contributed by atoms with Gasteiger partial charge in [-0.05, 0) is 102 Å². The zero-order valence-corrected chi connectivity index (χ0v) is 25.0. The van der Waals surface area contributed by atoms with Crippen LogP contribution in [0.5, 0.6) is 0 Å². The number of benzene rings is 7. The van der Waals surface area contributed by atoms with Crippen LogP contribution >= 0.6 is 0 Å². The minimum absolute atomic E-state index is 0.0805. The van der Waals surface area contributed by atoms with E-state index in [-0.39, 0.29) is 35.4 Å². The summed E-state index contributed by atoms with van der Waals surface area (Å²) in [5.41, 5.74) is 8.93. The Hall–Kier alpha value is -5.86. The fraction of sp³-hybridized carbons (Fsp3) is 0.0233. The standard InChI is InChI=1S/C43H34N2/c1-33-17-27-41(28-18-33)45(40-15-9-4-10-16-40)43-31-25-37(26-32-43)35-21-19-34(20-22-35)36-23-29-42(30-24-36)44(38-11-5-2-6-12-38)39-13-7-3-8-14-39/h2-32H,1H3/i25D,26D,31D,32D. The van der Waals surface area contributed by atoms with Crippen LogP contribution < -0.4 is 9.80 Å². The quantitative estimate of drug-likeness (QED) is 0.176. The first kappa shape index (κ1) is 23.6. The minimum Gasteiger partial charge on any atom is -0.311 e. The topological polar surface area (TPSA) is 6.48 Å². The lowest BCUT2D eigenvalue weighted by molar-refractivity contribution is 1.27. The van der Waals surface area contributed by atoms with E-state index in [0.29, 0.717) is 5.56 Å². The fourth-order valence-corrected chi connectivity index (χ4v) is 5.47. The lowest BCUT2D eigenvalue weighted by Gasteiger charge is -2.25. The van der Waals surface area contributed by atoms with Crippen LogP contribution in [0.25, 0.3) is 22.3 Å². The molecular weight excluding hydrogens is 544 g/mol. The van der Waals surface area contributed by atoms with Gasteiger partial charge < -0.3 is 9.80 Å². The Morgan fingerprint density at radius 2 is 0.622 bits per heavy atom. The van der Waals surface area contributed by atoms with Gasteiger partial charge in [0.25, 0.3) is 0 Å². The molecule has 7 aromatic carbocycles. The molecule has 0 spiro atoms. The van der Waals surface area contributed by atoms with Gasteiger partial charge in [-0.25, -0.2) is 0 Å². The zero-order chi connectivity index (χ0) is 33.9. The Morgan fingerprint density at radius 3 is 1.04 bits per heavy atom.